The molecule has 2 heterocycles. The number of methoxy groups -OCH3 is 1. The maximum atomic E-state index is 12.4. The number of imidazole rings is 1. The molecule has 6 nitrogen and oxygen atoms in total. The Morgan fingerprint density at radius 1 is 1.17 bits per heavy atom. The van der Waals surface area contributed by atoms with Crippen LogP contribution in [0.4, 0.5) is 5.69 Å². The molecule has 2 N–H and O–H groups in total. The van der Waals surface area contributed by atoms with Gasteiger partial charge in [0.2, 0.25) is 5.91 Å². The summed E-state index contributed by atoms with van der Waals surface area (Å²) < 4.78 is 5.14. The molecule has 0 radical (unpaired) electrons. The highest BCUT2D eigenvalue weighted by molar-refractivity contribution is 6.33. The summed E-state index contributed by atoms with van der Waals surface area (Å²) in [6.07, 6.45) is 2.03. The molecule has 2 aromatic heterocycles. The molecule has 4 aromatic rings. The third-order valence-electron chi connectivity index (χ3n) is 4.50. The molecule has 0 bridgehead atoms. The molecule has 0 atom stereocenters. The van der Waals surface area contributed by atoms with Gasteiger partial charge in [0.15, 0.2) is 5.65 Å². The lowest BCUT2D eigenvalue weighted by Gasteiger charge is -2.08. The molecule has 7 heteroatoms. The molecule has 0 saturated carbocycles. The van der Waals surface area contributed by atoms with Crippen molar-refractivity contribution in [2.45, 2.75) is 13.3 Å². The fraction of sp³-hybridized carbons (Fsp3) is 0.136. The average Bonchev–Trinajstić information content (AvgIpc) is 3.13. The first kappa shape index (κ1) is 19.0. The van der Waals surface area contributed by atoms with E-state index in [0.29, 0.717) is 27.7 Å². The Kier molecular flexibility index (Phi) is 5.18. The Bertz CT molecular complexity index is 1190. The molecular formula is C22H19ClN4O2. The number of nitrogens with zero attached hydrogens (tertiary/aromatic N) is 2. The smallest absolute Gasteiger partial charge is 0.228 e. The van der Waals surface area contributed by atoms with E-state index in [9.17, 15) is 4.79 Å². The van der Waals surface area contributed by atoms with Crippen molar-refractivity contribution in [3.05, 3.63) is 70.9 Å². The van der Waals surface area contributed by atoms with Gasteiger partial charge in [0.1, 0.15) is 11.6 Å². The van der Waals surface area contributed by atoms with Gasteiger partial charge in [-0.2, -0.15) is 0 Å². The zero-order chi connectivity index (χ0) is 20.4. The third kappa shape index (κ3) is 4.22. The Balaban J connectivity index is 1.54. The van der Waals surface area contributed by atoms with E-state index in [2.05, 4.69) is 20.3 Å². The van der Waals surface area contributed by atoms with Crippen LogP contribution in [0.15, 0.2) is 54.7 Å². The largest absolute Gasteiger partial charge is 0.497 e. The van der Waals surface area contributed by atoms with E-state index in [-0.39, 0.29) is 12.3 Å². The maximum absolute atomic E-state index is 12.4. The fourth-order valence-electron chi connectivity index (χ4n) is 3.05. The van der Waals surface area contributed by atoms with Crippen molar-refractivity contribution < 1.29 is 9.53 Å². The first-order valence-electron chi connectivity index (χ1n) is 9.07. The van der Waals surface area contributed by atoms with Gasteiger partial charge >= 0.3 is 0 Å². The Morgan fingerprint density at radius 3 is 2.72 bits per heavy atom. The van der Waals surface area contributed by atoms with E-state index in [1.165, 1.54) is 0 Å². The van der Waals surface area contributed by atoms with E-state index in [4.69, 9.17) is 16.3 Å². The van der Waals surface area contributed by atoms with Crippen molar-refractivity contribution in [2.24, 2.45) is 0 Å². The lowest BCUT2D eigenvalue weighted by Crippen LogP contribution is -2.14. The van der Waals surface area contributed by atoms with Gasteiger partial charge < -0.3 is 15.0 Å². The lowest BCUT2D eigenvalue weighted by molar-refractivity contribution is -0.115. The number of ether oxygens (including phenoxy) is 1. The van der Waals surface area contributed by atoms with Crippen LogP contribution < -0.4 is 10.1 Å². The number of carbonyl (C=O) groups excluding carboxylic acids is 1. The summed E-state index contributed by atoms with van der Waals surface area (Å²) in [5.74, 6) is 1.24. The second-order valence-electron chi connectivity index (χ2n) is 6.74. The van der Waals surface area contributed by atoms with Crippen molar-refractivity contribution in [1.82, 2.24) is 15.0 Å². The monoisotopic (exact) mass is 406 g/mol. The zero-order valence-corrected chi connectivity index (χ0v) is 16.7. The van der Waals surface area contributed by atoms with Crippen LogP contribution in [0.3, 0.4) is 0 Å². The van der Waals surface area contributed by atoms with E-state index in [1.54, 1.807) is 31.5 Å². The predicted molar refractivity (Wildman–Crippen MR) is 114 cm³/mol. The fourth-order valence-corrected chi connectivity index (χ4v) is 3.26. The molecular weight excluding hydrogens is 388 g/mol. The zero-order valence-electron chi connectivity index (χ0n) is 16.0. The Labute approximate surface area is 172 Å². The summed E-state index contributed by atoms with van der Waals surface area (Å²) in [5, 5.41) is 3.45. The molecule has 0 aliphatic heterocycles. The molecule has 4 rings (SSSR count). The number of hydrogen-bond acceptors (Lipinski definition) is 4. The van der Waals surface area contributed by atoms with Crippen LogP contribution in [0.5, 0.6) is 5.75 Å². The average molecular weight is 407 g/mol. The minimum atomic E-state index is -0.120. The first-order chi connectivity index (χ1) is 14.0. The number of hydrogen-bond donors (Lipinski definition) is 2. The maximum Gasteiger partial charge on any atom is 0.228 e. The van der Waals surface area contributed by atoms with Crippen molar-refractivity contribution in [3.63, 3.8) is 0 Å². The number of H-pyrrole nitrogens is 1. The van der Waals surface area contributed by atoms with Crippen molar-refractivity contribution in [2.75, 3.05) is 12.4 Å². The van der Waals surface area contributed by atoms with Crippen LogP contribution in [0.1, 0.15) is 11.1 Å². The molecule has 146 valence electrons. The second-order valence-corrected chi connectivity index (χ2v) is 7.14. The van der Waals surface area contributed by atoms with E-state index >= 15 is 0 Å². The standard InChI is InChI=1S/C22H19ClN4O2/c1-13-9-19-22(24-12-13)27-21(26-19)17-11-15(5-8-18(17)23)25-20(28)10-14-3-6-16(29-2)7-4-14/h3-9,11-12H,10H2,1-2H3,(H,25,28)(H,24,26,27). The molecule has 0 aliphatic carbocycles. The van der Waals surface area contributed by atoms with Crippen LogP contribution in [0.2, 0.25) is 5.02 Å². The van der Waals surface area contributed by atoms with Crippen LogP contribution >= 0.6 is 11.6 Å². The molecule has 0 unspecified atom stereocenters. The number of aryl methyl sites for hydroxylation is 1. The number of nitrogens with one attached hydrogen (secondary N) is 2. The van der Waals surface area contributed by atoms with Gasteiger partial charge in [-0.3, -0.25) is 4.79 Å². The second kappa shape index (κ2) is 7.93. The van der Waals surface area contributed by atoms with Crippen molar-refractivity contribution in [1.29, 1.82) is 0 Å². The Morgan fingerprint density at radius 2 is 1.97 bits per heavy atom. The van der Waals surface area contributed by atoms with Crippen LogP contribution in [0, 0.1) is 6.92 Å². The summed E-state index contributed by atoms with van der Waals surface area (Å²) in [6.45, 7) is 1.97. The molecule has 2 aromatic carbocycles. The van der Waals surface area contributed by atoms with Crippen LogP contribution in [0.25, 0.3) is 22.6 Å². The summed E-state index contributed by atoms with van der Waals surface area (Å²) >= 11 is 6.38. The highest BCUT2D eigenvalue weighted by Crippen LogP contribution is 2.30. The minimum absolute atomic E-state index is 0.120. The molecule has 0 aliphatic rings. The number of halogens is 1. The Hall–Kier alpha value is -3.38. The predicted octanol–water partition coefficient (Wildman–Crippen LogP) is 4.78. The van der Waals surface area contributed by atoms with Crippen LogP contribution in [-0.4, -0.2) is 28.0 Å². The minimum Gasteiger partial charge on any atom is -0.497 e. The number of aromatic nitrogens is 3. The van der Waals surface area contributed by atoms with Gasteiger partial charge in [0, 0.05) is 17.4 Å². The van der Waals surface area contributed by atoms with Gasteiger partial charge in [-0.25, -0.2) is 9.97 Å². The third-order valence-corrected chi connectivity index (χ3v) is 4.83. The first-order valence-corrected chi connectivity index (χ1v) is 9.44. The number of anilines is 1. The number of pyridine rings is 1. The van der Waals surface area contributed by atoms with Gasteiger partial charge in [-0.05, 0) is 54.4 Å². The molecule has 1 amide bonds. The normalized spacial score (nSPS) is 10.9. The van der Waals surface area contributed by atoms with Gasteiger partial charge in [0.25, 0.3) is 0 Å². The van der Waals surface area contributed by atoms with Crippen molar-refractivity contribution in [3.8, 4) is 17.1 Å². The highest BCUT2D eigenvalue weighted by atomic mass is 35.5. The number of carbonyl (C=O) groups is 1. The SMILES string of the molecule is COc1ccc(CC(=O)Nc2ccc(Cl)c(-c3nc4ncc(C)cc4[nH]3)c2)cc1. The number of fused-ring (bicyclic) bond motifs is 1. The lowest BCUT2D eigenvalue weighted by atomic mass is 10.1. The number of amides is 1. The molecule has 0 fully saturated rings. The quantitative estimate of drug-likeness (QED) is 0.500. The van der Waals surface area contributed by atoms with Gasteiger partial charge in [0.05, 0.1) is 24.1 Å². The van der Waals surface area contributed by atoms with Gasteiger partial charge in [-0.1, -0.05) is 23.7 Å². The van der Waals surface area contributed by atoms with Crippen LogP contribution in [-0.2, 0) is 11.2 Å². The van der Waals surface area contributed by atoms with Gasteiger partial charge in [-0.15, -0.1) is 0 Å². The summed E-state index contributed by atoms with van der Waals surface area (Å²) in [4.78, 5) is 24.5. The number of rotatable bonds is 5. The number of benzene rings is 2. The summed E-state index contributed by atoms with van der Waals surface area (Å²) in [6, 6.07) is 14.7. The van der Waals surface area contributed by atoms with E-state index < -0.39 is 0 Å². The van der Waals surface area contributed by atoms with E-state index in [0.717, 1.165) is 22.4 Å². The van der Waals surface area contributed by atoms with E-state index in [1.807, 2.05) is 37.3 Å². The topological polar surface area (TPSA) is 79.9 Å². The summed E-state index contributed by atoms with van der Waals surface area (Å²) in [5.41, 5.74) is 4.74. The molecule has 0 spiro atoms. The molecule has 29 heavy (non-hydrogen) atoms. The molecule has 0 saturated heterocycles. The summed E-state index contributed by atoms with van der Waals surface area (Å²) in [7, 11) is 1.61. The highest BCUT2D eigenvalue weighted by Gasteiger charge is 2.12. The van der Waals surface area contributed by atoms with Crippen molar-refractivity contribution >= 4 is 34.4 Å². The number of aromatic amines is 1.